The first-order valence-electron chi connectivity index (χ1n) is 9.12. The molecule has 5 nitrogen and oxygen atoms in total. The molecular weight excluding hydrogens is 340 g/mol. The Morgan fingerprint density at radius 1 is 0.963 bits per heavy atom. The fourth-order valence-corrected chi connectivity index (χ4v) is 3.31. The Kier molecular flexibility index (Phi) is 6.01. The molecule has 1 aliphatic rings. The molecule has 0 atom stereocenters. The van der Waals surface area contributed by atoms with Crippen LogP contribution in [-0.4, -0.2) is 51.2 Å². The fraction of sp³-hybridized carbons (Fsp3) is 0.318. The standard InChI is InChI=1S/C22H26N2O3/c1-17-8-10-20(26-2)18(16-17)9-11-22(25)24-14-12-23(13-15-24)19-6-4-5-7-21(19)27-3/h4-11,16H,12-15H2,1-3H3/b11-9+. The molecule has 0 aliphatic carbocycles. The molecule has 1 fully saturated rings. The summed E-state index contributed by atoms with van der Waals surface area (Å²) in [6.45, 7) is 4.97. The molecule has 1 amide bonds. The second kappa shape index (κ2) is 8.62. The molecule has 0 saturated carbocycles. The van der Waals surface area contributed by atoms with E-state index in [2.05, 4.69) is 11.0 Å². The highest BCUT2D eigenvalue weighted by Gasteiger charge is 2.21. The molecule has 1 heterocycles. The molecule has 0 aromatic heterocycles. The highest BCUT2D eigenvalue weighted by atomic mass is 16.5. The minimum Gasteiger partial charge on any atom is -0.496 e. The van der Waals surface area contributed by atoms with Gasteiger partial charge in [0.2, 0.25) is 5.91 Å². The van der Waals surface area contributed by atoms with E-state index in [9.17, 15) is 4.79 Å². The topological polar surface area (TPSA) is 42.0 Å². The quantitative estimate of drug-likeness (QED) is 0.761. The number of rotatable bonds is 5. The van der Waals surface area contributed by atoms with Crippen LogP contribution in [-0.2, 0) is 4.79 Å². The summed E-state index contributed by atoms with van der Waals surface area (Å²) in [5.74, 6) is 1.66. The number of hydrogen-bond donors (Lipinski definition) is 0. The number of carbonyl (C=O) groups excluding carboxylic acids is 1. The third-order valence-corrected chi connectivity index (χ3v) is 4.81. The molecule has 0 N–H and O–H groups in total. The third kappa shape index (κ3) is 4.42. The van der Waals surface area contributed by atoms with Gasteiger partial charge in [-0.2, -0.15) is 0 Å². The van der Waals surface area contributed by atoms with Crippen LogP contribution >= 0.6 is 0 Å². The van der Waals surface area contributed by atoms with Gasteiger partial charge in [0.25, 0.3) is 0 Å². The lowest BCUT2D eigenvalue weighted by molar-refractivity contribution is -0.126. The van der Waals surface area contributed by atoms with Crippen molar-refractivity contribution >= 4 is 17.7 Å². The van der Waals surface area contributed by atoms with Crippen molar-refractivity contribution in [3.8, 4) is 11.5 Å². The van der Waals surface area contributed by atoms with Crippen molar-refractivity contribution in [2.45, 2.75) is 6.92 Å². The fourth-order valence-electron chi connectivity index (χ4n) is 3.31. The lowest BCUT2D eigenvalue weighted by Gasteiger charge is -2.36. The normalized spacial score (nSPS) is 14.5. The summed E-state index contributed by atoms with van der Waals surface area (Å²) in [6, 6.07) is 13.9. The molecule has 0 spiro atoms. The predicted octanol–water partition coefficient (Wildman–Crippen LogP) is 3.37. The Bertz CT molecular complexity index is 824. The van der Waals surface area contributed by atoms with E-state index in [-0.39, 0.29) is 5.91 Å². The number of hydrogen-bond acceptors (Lipinski definition) is 4. The van der Waals surface area contributed by atoms with E-state index in [1.807, 2.05) is 54.3 Å². The summed E-state index contributed by atoms with van der Waals surface area (Å²) in [6.07, 6.45) is 3.47. The highest BCUT2D eigenvalue weighted by molar-refractivity contribution is 5.92. The maximum absolute atomic E-state index is 12.6. The molecule has 3 rings (SSSR count). The molecule has 1 aliphatic heterocycles. The Morgan fingerprint density at radius 2 is 1.67 bits per heavy atom. The maximum Gasteiger partial charge on any atom is 0.246 e. The second-order valence-corrected chi connectivity index (χ2v) is 6.56. The zero-order valence-corrected chi connectivity index (χ0v) is 16.1. The minimum absolute atomic E-state index is 0.0261. The number of para-hydroxylation sites is 2. The summed E-state index contributed by atoms with van der Waals surface area (Å²) in [5, 5.41) is 0. The van der Waals surface area contributed by atoms with E-state index in [0.29, 0.717) is 13.1 Å². The smallest absolute Gasteiger partial charge is 0.246 e. The number of ether oxygens (including phenoxy) is 2. The van der Waals surface area contributed by atoms with Crippen LogP contribution in [0.5, 0.6) is 11.5 Å². The molecule has 0 radical (unpaired) electrons. The van der Waals surface area contributed by atoms with Gasteiger partial charge in [-0.3, -0.25) is 4.79 Å². The average Bonchev–Trinajstić information content (AvgIpc) is 2.72. The lowest BCUT2D eigenvalue weighted by Crippen LogP contribution is -2.48. The number of amides is 1. The second-order valence-electron chi connectivity index (χ2n) is 6.56. The van der Waals surface area contributed by atoms with Crippen LogP contribution in [0.4, 0.5) is 5.69 Å². The van der Waals surface area contributed by atoms with Crippen LogP contribution in [0.2, 0.25) is 0 Å². The van der Waals surface area contributed by atoms with E-state index in [1.54, 1.807) is 20.3 Å². The van der Waals surface area contributed by atoms with Crippen LogP contribution in [0.25, 0.3) is 6.08 Å². The molecule has 142 valence electrons. The van der Waals surface area contributed by atoms with Crippen molar-refractivity contribution in [1.82, 2.24) is 4.90 Å². The summed E-state index contributed by atoms with van der Waals surface area (Å²) in [5.41, 5.74) is 3.12. The Morgan fingerprint density at radius 3 is 2.37 bits per heavy atom. The van der Waals surface area contributed by atoms with Crippen molar-refractivity contribution in [3.63, 3.8) is 0 Å². The highest BCUT2D eigenvalue weighted by Crippen LogP contribution is 2.28. The first kappa shape index (κ1) is 18.8. The van der Waals surface area contributed by atoms with Crippen LogP contribution in [0.15, 0.2) is 48.5 Å². The molecule has 27 heavy (non-hydrogen) atoms. The predicted molar refractivity (Wildman–Crippen MR) is 109 cm³/mol. The molecule has 0 unspecified atom stereocenters. The minimum atomic E-state index is 0.0261. The lowest BCUT2D eigenvalue weighted by atomic mass is 10.1. The zero-order chi connectivity index (χ0) is 19.2. The summed E-state index contributed by atoms with van der Waals surface area (Å²) in [4.78, 5) is 16.7. The molecule has 2 aromatic rings. The first-order valence-corrected chi connectivity index (χ1v) is 9.12. The van der Waals surface area contributed by atoms with E-state index in [0.717, 1.165) is 41.4 Å². The van der Waals surface area contributed by atoms with Gasteiger partial charge in [-0.1, -0.05) is 23.8 Å². The van der Waals surface area contributed by atoms with E-state index in [4.69, 9.17) is 9.47 Å². The van der Waals surface area contributed by atoms with Crippen LogP contribution in [0, 0.1) is 6.92 Å². The van der Waals surface area contributed by atoms with Gasteiger partial charge in [-0.05, 0) is 37.3 Å². The van der Waals surface area contributed by atoms with Crippen molar-refractivity contribution in [2.75, 3.05) is 45.3 Å². The van der Waals surface area contributed by atoms with Crippen LogP contribution in [0.1, 0.15) is 11.1 Å². The largest absolute Gasteiger partial charge is 0.496 e. The summed E-state index contributed by atoms with van der Waals surface area (Å²) < 4.78 is 10.8. The molecule has 5 heteroatoms. The number of anilines is 1. The number of nitrogens with zero attached hydrogens (tertiary/aromatic N) is 2. The van der Waals surface area contributed by atoms with Gasteiger partial charge in [-0.25, -0.2) is 0 Å². The molecule has 0 bridgehead atoms. The molecule has 2 aromatic carbocycles. The zero-order valence-electron chi connectivity index (χ0n) is 16.1. The van der Waals surface area contributed by atoms with Gasteiger partial charge in [0, 0.05) is 37.8 Å². The van der Waals surface area contributed by atoms with Gasteiger partial charge in [0.05, 0.1) is 19.9 Å². The van der Waals surface area contributed by atoms with Crippen molar-refractivity contribution in [1.29, 1.82) is 0 Å². The van der Waals surface area contributed by atoms with Gasteiger partial charge in [0.1, 0.15) is 11.5 Å². The summed E-state index contributed by atoms with van der Waals surface area (Å²) in [7, 11) is 3.32. The van der Waals surface area contributed by atoms with Gasteiger partial charge >= 0.3 is 0 Å². The molecular formula is C22H26N2O3. The number of carbonyl (C=O) groups is 1. The first-order chi connectivity index (χ1) is 13.1. The number of benzene rings is 2. The van der Waals surface area contributed by atoms with E-state index in [1.165, 1.54) is 0 Å². The third-order valence-electron chi connectivity index (χ3n) is 4.81. The van der Waals surface area contributed by atoms with Crippen molar-refractivity contribution < 1.29 is 14.3 Å². The van der Waals surface area contributed by atoms with Crippen LogP contribution in [0.3, 0.4) is 0 Å². The number of piperazine rings is 1. The van der Waals surface area contributed by atoms with Gasteiger partial charge in [-0.15, -0.1) is 0 Å². The Labute approximate surface area is 160 Å². The maximum atomic E-state index is 12.6. The van der Waals surface area contributed by atoms with Gasteiger partial charge in [0.15, 0.2) is 0 Å². The number of aryl methyl sites for hydroxylation is 1. The van der Waals surface area contributed by atoms with Gasteiger partial charge < -0.3 is 19.3 Å². The molecule has 1 saturated heterocycles. The SMILES string of the molecule is COc1ccc(C)cc1/C=C/C(=O)N1CCN(c2ccccc2OC)CC1. The van der Waals surface area contributed by atoms with Crippen molar-refractivity contribution in [3.05, 3.63) is 59.7 Å². The monoisotopic (exact) mass is 366 g/mol. The average molecular weight is 366 g/mol. The number of methoxy groups -OCH3 is 2. The van der Waals surface area contributed by atoms with Crippen LogP contribution < -0.4 is 14.4 Å². The Balaban J connectivity index is 1.63. The van der Waals surface area contributed by atoms with E-state index >= 15 is 0 Å². The van der Waals surface area contributed by atoms with E-state index < -0.39 is 0 Å². The summed E-state index contributed by atoms with van der Waals surface area (Å²) >= 11 is 0. The Hall–Kier alpha value is -2.95. The van der Waals surface area contributed by atoms with Crippen molar-refractivity contribution in [2.24, 2.45) is 0 Å².